The second kappa shape index (κ2) is 4.63. The predicted octanol–water partition coefficient (Wildman–Crippen LogP) is 0.714. The van der Waals surface area contributed by atoms with Crippen molar-refractivity contribution in [3.63, 3.8) is 0 Å². The molecule has 6 heteroatoms. The zero-order valence-corrected chi connectivity index (χ0v) is 6.82. The van der Waals surface area contributed by atoms with Crippen LogP contribution in [0.4, 0.5) is 9.59 Å². The van der Waals surface area contributed by atoms with E-state index >= 15 is 0 Å². The van der Waals surface area contributed by atoms with E-state index in [0.717, 1.165) is 0 Å². The van der Waals surface area contributed by atoms with Gasteiger partial charge in [0, 0.05) is 22.4 Å². The second-order valence-electron chi connectivity index (χ2n) is 0.677. The van der Waals surface area contributed by atoms with Gasteiger partial charge in [0.05, 0.1) is 0 Å². The van der Waals surface area contributed by atoms with Crippen LogP contribution in [0.25, 0.3) is 5.32 Å². The van der Waals surface area contributed by atoms with E-state index in [1.807, 2.05) is 0 Å². The number of hydrogen-bond acceptors (Lipinski definition) is 2. The summed E-state index contributed by atoms with van der Waals surface area (Å²) < 4.78 is 0. The van der Waals surface area contributed by atoms with E-state index in [1.165, 1.54) is 0 Å². The van der Waals surface area contributed by atoms with Crippen LogP contribution in [-0.2, 0) is 22.4 Å². The van der Waals surface area contributed by atoms with Gasteiger partial charge in [0.15, 0.2) is 0 Å². The summed E-state index contributed by atoms with van der Waals surface area (Å²) in [5.74, 6) is 0. The van der Waals surface area contributed by atoms with Crippen LogP contribution in [0.15, 0.2) is 0 Å². The van der Waals surface area contributed by atoms with Crippen LogP contribution in [0.3, 0.4) is 0 Å². The fourth-order valence-electron chi connectivity index (χ4n) is 0.0818. The van der Waals surface area contributed by atoms with Crippen molar-refractivity contribution in [1.29, 1.82) is 0 Å². The molecule has 1 radical (unpaired) electrons. The monoisotopic (exact) mass is 285 g/mol. The van der Waals surface area contributed by atoms with Crippen molar-refractivity contribution in [2.24, 2.45) is 0 Å². The maximum Gasteiger partial charge on any atom is 0.234 e. The molecule has 0 atom stereocenters. The summed E-state index contributed by atoms with van der Waals surface area (Å²) in [5, 5.41) is 17.2. The molecule has 0 aliphatic heterocycles. The fourth-order valence-corrected chi connectivity index (χ4v) is 0.0818. The van der Waals surface area contributed by atoms with Crippen LogP contribution in [0.5, 0.6) is 0 Å². The molecule has 2 N–H and O–H groups in total. The largest absolute Gasteiger partial charge is 0.524 e. The summed E-state index contributed by atoms with van der Waals surface area (Å²) in [6.45, 7) is 0. The number of hydrogen-bond donors (Lipinski definition) is 2. The van der Waals surface area contributed by atoms with Gasteiger partial charge in [-0.1, -0.05) is 0 Å². The van der Waals surface area contributed by atoms with E-state index in [2.05, 4.69) is 5.32 Å². The second-order valence-corrected chi connectivity index (χ2v) is 0.677. The average molecular weight is 285 g/mol. The predicted molar refractivity (Wildman–Crippen MR) is 19.4 cm³/mol. The number of imide groups is 1. The van der Waals surface area contributed by atoms with Crippen LogP contribution >= 0.6 is 0 Å². The first kappa shape index (κ1) is 10.5. The first-order chi connectivity index (χ1) is 3.13. The Hall–Kier alpha value is -0.520. The summed E-state index contributed by atoms with van der Waals surface area (Å²) in [5.41, 5.74) is 0. The molecule has 0 aromatic heterocycles. The van der Waals surface area contributed by atoms with Crippen molar-refractivity contribution in [2.75, 3.05) is 0 Å². The van der Waals surface area contributed by atoms with Crippen LogP contribution in [-0.4, -0.2) is 22.4 Å². The number of carbonyl (C=O) groups is 2. The van der Waals surface area contributed by atoms with Gasteiger partial charge in [0.25, 0.3) is 0 Å². The van der Waals surface area contributed by atoms with Gasteiger partial charge in [-0.05, 0) is 0 Å². The van der Waals surface area contributed by atoms with E-state index in [1.54, 1.807) is 0 Å². The zero-order chi connectivity index (χ0) is 5.86. The van der Waals surface area contributed by atoms with E-state index < -0.39 is 12.2 Å². The Kier molecular flexibility index (Phi) is 6.06. The fraction of sp³-hybridized carbons (Fsp3) is 0. The average Bonchev–Trinajstić information content (AvgIpc) is 1.27. The minimum absolute atomic E-state index is 0. The minimum atomic E-state index is -1.69. The molecule has 0 unspecified atom stereocenters. The number of amides is 2. The molecular formula is C2H2NO4Ta-. The molecule has 0 rings (SSSR count). The standard InChI is InChI=1S/C2H2NO4.Ta/c4-1(5)3-2(6)7;/h(H,4,5)(H,6,7);/q-1;. The zero-order valence-electron chi connectivity index (χ0n) is 3.61. The number of carboxylic acid groups (broad SMARTS) is 2. The van der Waals surface area contributed by atoms with Crippen LogP contribution in [0, 0.1) is 0 Å². The summed E-state index contributed by atoms with van der Waals surface area (Å²) in [4.78, 5) is 18.5. The molecule has 0 saturated heterocycles. The number of rotatable bonds is 0. The van der Waals surface area contributed by atoms with Crippen molar-refractivity contribution in [3.8, 4) is 0 Å². The van der Waals surface area contributed by atoms with E-state index in [9.17, 15) is 9.59 Å². The van der Waals surface area contributed by atoms with Gasteiger partial charge in [-0.2, -0.15) is 0 Å². The molecule has 0 heterocycles. The summed E-state index contributed by atoms with van der Waals surface area (Å²) >= 11 is 0. The van der Waals surface area contributed by atoms with Crippen molar-refractivity contribution in [3.05, 3.63) is 5.32 Å². The molecule has 0 bridgehead atoms. The summed E-state index contributed by atoms with van der Waals surface area (Å²) in [6, 6.07) is 0. The van der Waals surface area contributed by atoms with Gasteiger partial charge in [-0.3, -0.25) is 9.59 Å². The molecule has 8 heavy (non-hydrogen) atoms. The SMILES string of the molecule is O=C(O)[N-]C(=O)O.[Ta]. The molecular weight excluding hydrogens is 283 g/mol. The molecule has 0 aliphatic carbocycles. The molecule has 0 aliphatic rings. The summed E-state index contributed by atoms with van der Waals surface area (Å²) in [6.07, 6.45) is -3.37. The van der Waals surface area contributed by atoms with E-state index in [0.29, 0.717) is 0 Å². The molecule has 0 saturated carbocycles. The number of nitrogens with zero attached hydrogens (tertiary/aromatic N) is 1. The Balaban J connectivity index is 0. The topological polar surface area (TPSA) is 88.7 Å². The van der Waals surface area contributed by atoms with Gasteiger partial charge in [0.1, 0.15) is 0 Å². The van der Waals surface area contributed by atoms with Crippen molar-refractivity contribution in [2.45, 2.75) is 0 Å². The molecule has 45 valence electrons. The first-order valence-corrected chi connectivity index (χ1v) is 1.30. The van der Waals surface area contributed by atoms with Crippen LogP contribution in [0.1, 0.15) is 0 Å². The smallest absolute Gasteiger partial charge is 0.234 e. The quantitative estimate of drug-likeness (QED) is 0.686. The molecule has 0 aromatic carbocycles. The molecule has 5 nitrogen and oxygen atoms in total. The molecule has 0 spiro atoms. The maximum atomic E-state index is 9.26. The molecule has 0 aromatic rings. The Morgan fingerprint density at radius 3 is 1.38 bits per heavy atom. The van der Waals surface area contributed by atoms with Crippen LogP contribution < -0.4 is 0 Å². The minimum Gasteiger partial charge on any atom is -0.524 e. The van der Waals surface area contributed by atoms with Gasteiger partial charge < -0.3 is 15.5 Å². The third-order valence-corrected chi connectivity index (χ3v) is 0.191. The van der Waals surface area contributed by atoms with Crippen molar-refractivity contribution >= 4 is 12.2 Å². The van der Waals surface area contributed by atoms with Gasteiger partial charge in [-0.15, -0.1) is 0 Å². The Bertz CT molecular complexity index is 90.2. The van der Waals surface area contributed by atoms with Gasteiger partial charge >= 0.3 is 0 Å². The van der Waals surface area contributed by atoms with Crippen molar-refractivity contribution in [1.82, 2.24) is 0 Å². The Morgan fingerprint density at radius 2 is 1.38 bits per heavy atom. The van der Waals surface area contributed by atoms with Gasteiger partial charge in [0.2, 0.25) is 12.2 Å². The van der Waals surface area contributed by atoms with Gasteiger partial charge in [-0.25, -0.2) is 0 Å². The van der Waals surface area contributed by atoms with Crippen molar-refractivity contribution < 1.29 is 42.2 Å². The van der Waals surface area contributed by atoms with E-state index in [4.69, 9.17) is 10.2 Å². The summed E-state index contributed by atoms with van der Waals surface area (Å²) in [7, 11) is 0. The first-order valence-electron chi connectivity index (χ1n) is 1.30. The Labute approximate surface area is 60.2 Å². The normalized spacial score (nSPS) is 6.50. The molecule has 0 fully saturated rings. The molecule has 2 amide bonds. The van der Waals surface area contributed by atoms with Crippen LogP contribution in [0.2, 0.25) is 0 Å². The Morgan fingerprint density at radius 1 is 1.12 bits per heavy atom. The maximum absolute atomic E-state index is 9.26. The third kappa shape index (κ3) is 9.08. The van der Waals surface area contributed by atoms with E-state index in [-0.39, 0.29) is 22.4 Å². The third-order valence-electron chi connectivity index (χ3n) is 0.191.